The van der Waals surface area contributed by atoms with Gasteiger partial charge in [0.25, 0.3) is 0 Å². The Morgan fingerprint density at radius 1 is 1.12 bits per heavy atom. The second-order valence-corrected chi connectivity index (χ2v) is 9.38. The van der Waals surface area contributed by atoms with Gasteiger partial charge in [-0.1, -0.05) is 20.3 Å². The standard InChI is InChI=1S/C20H35N3O2/c1-12-5-3-7-15-11-16(21-17(12)15)20(24)22-18(14-8-9-14)19-13(2)6-4-10-23(19)25/h12-19,21,23H,3-11H2,1-2H3,(H,22,24). The van der Waals surface area contributed by atoms with Crippen molar-refractivity contribution in [3.05, 3.63) is 5.21 Å². The van der Waals surface area contributed by atoms with Crippen LogP contribution >= 0.6 is 0 Å². The Balaban J connectivity index is 1.41. The van der Waals surface area contributed by atoms with Gasteiger partial charge in [0.2, 0.25) is 5.91 Å². The summed E-state index contributed by atoms with van der Waals surface area (Å²) < 4.78 is 0. The van der Waals surface area contributed by atoms with E-state index in [-0.39, 0.29) is 24.0 Å². The monoisotopic (exact) mass is 349 g/mol. The van der Waals surface area contributed by atoms with E-state index in [1.807, 2.05) is 0 Å². The molecule has 0 aromatic heterocycles. The smallest absolute Gasteiger partial charge is 0.237 e. The zero-order valence-electron chi connectivity index (χ0n) is 15.8. The van der Waals surface area contributed by atoms with Gasteiger partial charge in [0.1, 0.15) is 6.04 Å². The number of fused-ring (bicyclic) bond motifs is 1. The van der Waals surface area contributed by atoms with E-state index in [1.165, 1.54) is 32.1 Å². The fraction of sp³-hybridized carbons (Fsp3) is 0.950. The minimum Gasteiger partial charge on any atom is -0.634 e. The quantitative estimate of drug-likeness (QED) is 0.669. The first kappa shape index (κ1) is 17.7. The summed E-state index contributed by atoms with van der Waals surface area (Å²) in [4.78, 5) is 13.0. The first-order chi connectivity index (χ1) is 12.0. The van der Waals surface area contributed by atoms with E-state index in [0.717, 1.165) is 19.3 Å². The van der Waals surface area contributed by atoms with E-state index in [1.54, 1.807) is 0 Å². The van der Waals surface area contributed by atoms with Gasteiger partial charge < -0.3 is 20.9 Å². The molecule has 142 valence electrons. The van der Waals surface area contributed by atoms with Crippen LogP contribution in [0, 0.1) is 28.9 Å². The maximum absolute atomic E-state index is 13.0. The summed E-state index contributed by atoms with van der Waals surface area (Å²) in [6.07, 6.45) is 9.30. The SMILES string of the molecule is CC1CCCC2CC(C(=O)NC(C3CC3)C3C(C)CCC[NH+]3[O-])NC12. The molecule has 4 fully saturated rings. The number of amides is 1. The molecule has 4 rings (SSSR count). The van der Waals surface area contributed by atoms with Crippen LogP contribution in [0.2, 0.25) is 0 Å². The predicted molar refractivity (Wildman–Crippen MR) is 97.9 cm³/mol. The summed E-state index contributed by atoms with van der Waals surface area (Å²) in [5, 5.41) is 19.9. The van der Waals surface area contributed by atoms with Gasteiger partial charge in [-0.2, -0.15) is 0 Å². The lowest BCUT2D eigenvalue weighted by molar-refractivity contribution is -0.887. The van der Waals surface area contributed by atoms with Crippen LogP contribution in [0.15, 0.2) is 0 Å². The summed E-state index contributed by atoms with van der Waals surface area (Å²) in [5.41, 5.74) is 0. The minimum absolute atomic E-state index is 0.0489. The fourth-order valence-corrected chi connectivity index (χ4v) is 5.91. The van der Waals surface area contributed by atoms with E-state index in [0.29, 0.717) is 41.3 Å². The van der Waals surface area contributed by atoms with Gasteiger partial charge in [-0.3, -0.25) is 4.79 Å². The van der Waals surface area contributed by atoms with Crippen molar-refractivity contribution >= 4 is 5.91 Å². The van der Waals surface area contributed by atoms with Crippen LogP contribution < -0.4 is 15.7 Å². The molecule has 2 saturated heterocycles. The average molecular weight is 350 g/mol. The van der Waals surface area contributed by atoms with Crippen LogP contribution in [0.4, 0.5) is 0 Å². The van der Waals surface area contributed by atoms with Gasteiger partial charge in [-0.25, -0.2) is 0 Å². The second-order valence-electron chi connectivity index (χ2n) is 9.38. The van der Waals surface area contributed by atoms with Crippen molar-refractivity contribution in [1.29, 1.82) is 0 Å². The van der Waals surface area contributed by atoms with Gasteiger partial charge in [0, 0.05) is 12.0 Å². The van der Waals surface area contributed by atoms with E-state index in [2.05, 4.69) is 24.5 Å². The van der Waals surface area contributed by atoms with Crippen molar-refractivity contribution in [1.82, 2.24) is 10.6 Å². The third-order valence-corrected chi connectivity index (χ3v) is 7.50. The highest BCUT2D eigenvalue weighted by atomic mass is 16.5. The summed E-state index contributed by atoms with van der Waals surface area (Å²) in [5.74, 6) is 2.43. The molecule has 2 aliphatic heterocycles. The number of hydrogen-bond donors (Lipinski definition) is 3. The van der Waals surface area contributed by atoms with Gasteiger partial charge in [-0.15, -0.1) is 0 Å². The number of quaternary nitrogens is 1. The normalized spacial score (nSPS) is 45.6. The van der Waals surface area contributed by atoms with Crippen molar-refractivity contribution in [3.8, 4) is 0 Å². The second kappa shape index (κ2) is 7.16. The topological polar surface area (TPSA) is 68.6 Å². The number of carbonyl (C=O) groups is 1. The van der Waals surface area contributed by atoms with E-state index < -0.39 is 0 Å². The Kier molecular flexibility index (Phi) is 5.09. The highest BCUT2D eigenvalue weighted by Gasteiger charge is 2.47. The largest absolute Gasteiger partial charge is 0.634 e. The molecule has 2 aliphatic carbocycles. The van der Waals surface area contributed by atoms with E-state index in [9.17, 15) is 10.0 Å². The zero-order valence-corrected chi connectivity index (χ0v) is 15.8. The molecule has 25 heavy (non-hydrogen) atoms. The molecular formula is C20H35N3O2. The van der Waals surface area contributed by atoms with Gasteiger partial charge in [0.05, 0.1) is 18.6 Å². The van der Waals surface area contributed by atoms with Crippen LogP contribution in [-0.4, -0.2) is 36.6 Å². The molecule has 0 aromatic rings. The highest BCUT2D eigenvalue weighted by Crippen LogP contribution is 2.38. The Hall–Kier alpha value is -0.650. The third kappa shape index (κ3) is 3.60. The van der Waals surface area contributed by atoms with Crippen LogP contribution in [-0.2, 0) is 4.79 Å². The minimum atomic E-state index is -0.0502. The van der Waals surface area contributed by atoms with Crippen LogP contribution in [0.25, 0.3) is 0 Å². The van der Waals surface area contributed by atoms with Gasteiger partial charge in [-0.05, 0) is 62.7 Å². The van der Waals surface area contributed by atoms with Crippen LogP contribution in [0.5, 0.6) is 0 Å². The van der Waals surface area contributed by atoms with E-state index >= 15 is 0 Å². The summed E-state index contributed by atoms with van der Waals surface area (Å²) in [6, 6.07) is 0.592. The van der Waals surface area contributed by atoms with Crippen molar-refractivity contribution in [2.75, 3.05) is 6.54 Å². The van der Waals surface area contributed by atoms with Gasteiger partial charge in [0.15, 0.2) is 0 Å². The first-order valence-corrected chi connectivity index (χ1v) is 10.6. The Morgan fingerprint density at radius 2 is 1.88 bits per heavy atom. The third-order valence-electron chi connectivity index (χ3n) is 7.50. The van der Waals surface area contributed by atoms with Crippen molar-refractivity contribution < 1.29 is 9.86 Å². The molecule has 0 radical (unpaired) electrons. The summed E-state index contributed by atoms with van der Waals surface area (Å²) in [7, 11) is 0. The first-order valence-electron chi connectivity index (χ1n) is 10.6. The molecule has 8 unspecified atom stereocenters. The van der Waals surface area contributed by atoms with Gasteiger partial charge >= 0.3 is 0 Å². The number of hydroxylamine groups is 2. The molecule has 0 bridgehead atoms. The lowest BCUT2D eigenvalue weighted by Gasteiger charge is -2.44. The molecule has 5 heteroatoms. The maximum atomic E-state index is 13.0. The maximum Gasteiger partial charge on any atom is 0.237 e. The number of hydrogen-bond acceptors (Lipinski definition) is 3. The zero-order chi connectivity index (χ0) is 17.6. The average Bonchev–Trinajstić information content (AvgIpc) is 3.32. The van der Waals surface area contributed by atoms with Crippen molar-refractivity contribution in [2.45, 2.75) is 89.4 Å². The number of piperidine rings is 1. The summed E-state index contributed by atoms with van der Waals surface area (Å²) in [6.45, 7) is 5.23. The molecule has 3 N–H and O–H groups in total. The molecular weight excluding hydrogens is 314 g/mol. The molecule has 4 aliphatic rings. The summed E-state index contributed by atoms with van der Waals surface area (Å²) >= 11 is 0. The van der Waals surface area contributed by atoms with E-state index in [4.69, 9.17) is 0 Å². The molecule has 1 amide bonds. The van der Waals surface area contributed by atoms with Crippen molar-refractivity contribution in [3.63, 3.8) is 0 Å². The predicted octanol–water partition coefficient (Wildman–Crippen LogP) is 1.23. The van der Waals surface area contributed by atoms with Crippen LogP contribution in [0.3, 0.4) is 0 Å². The highest BCUT2D eigenvalue weighted by molar-refractivity contribution is 5.82. The fourth-order valence-electron chi connectivity index (χ4n) is 5.91. The number of rotatable bonds is 4. The van der Waals surface area contributed by atoms with Crippen LogP contribution in [0.1, 0.15) is 65.2 Å². The number of carbonyl (C=O) groups excluding carboxylic acids is 1. The Labute approximate surface area is 151 Å². The molecule has 0 aromatic carbocycles. The molecule has 8 atom stereocenters. The van der Waals surface area contributed by atoms with Crippen molar-refractivity contribution in [2.24, 2.45) is 23.7 Å². The molecule has 5 nitrogen and oxygen atoms in total. The lowest BCUT2D eigenvalue weighted by atomic mass is 9.78. The molecule has 2 saturated carbocycles. The molecule has 0 spiro atoms. The number of nitrogens with one attached hydrogen (secondary N) is 3. The Bertz CT molecular complexity index is 485. The lowest BCUT2D eigenvalue weighted by Crippen LogP contribution is -3.15. The molecule has 2 heterocycles. The Morgan fingerprint density at radius 3 is 2.56 bits per heavy atom.